The summed E-state index contributed by atoms with van der Waals surface area (Å²) in [4.78, 5) is 11.6. The highest BCUT2D eigenvalue weighted by molar-refractivity contribution is 7.92. The van der Waals surface area contributed by atoms with E-state index in [1.165, 1.54) is 12.1 Å². The molecule has 2 rings (SSSR count). The Kier molecular flexibility index (Phi) is 4.39. The van der Waals surface area contributed by atoms with Crippen LogP contribution in [-0.2, 0) is 9.84 Å². The fourth-order valence-electron chi connectivity index (χ4n) is 1.67. The van der Waals surface area contributed by atoms with Crippen LogP contribution >= 0.6 is 11.6 Å². The van der Waals surface area contributed by atoms with Crippen molar-refractivity contribution >= 4 is 27.2 Å². The number of carbonyl (C=O) groups excluding carboxylic acids is 1. The van der Waals surface area contributed by atoms with Gasteiger partial charge in [0.05, 0.1) is 9.92 Å². The van der Waals surface area contributed by atoms with E-state index in [2.05, 4.69) is 0 Å². The van der Waals surface area contributed by atoms with Gasteiger partial charge in [0.2, 0.25) is 0 Å². The van der Waals surface area contributed by atoms with Crippen LogP contribution < -0.4 is 0 Å². The van der Waals surface area contributed by atoms with Gasteiger partial charge in [0.1, 0.15) is 17.4 Å². The molecule has 0 aliphatic rings. The first kappa shape index (κ1) is 15.6. The van der Waals surface area contributed by atoms with Crippen LogP contribution in [0.5, 0.6) is 0 Å². The van der Waals surface area contributed by atoms with E-state index in [0.29, 0.717) is 0 Å². The third kappa shape index (κ3) is 3.65. The van der Waals surface area contributed by atoms with Crippen molar-refractivity contribution in [3.05, 3.63) is 64.7 Å². The first-order valence-corrected chi connectivity index (χ1v) is 7.79. The second kappa shape index (κ2) is 5.91. The Morgan fingerprint density at radius 2 is 1.81 bits per heavy atom. The summed E-state index contributed by atoms with van der Waals surface area (Å²) in [7, 11) is -3.98. The molecule has 0 aliphatic carbocycles. The predicted octanol–water partition coefficient (Wildman–Crippen LogP) is 3.27. The van der Waals surface area contributed by atoms with E-state index in [9.17, 15) is 22.0 Å². The van der Waals surface area contributed by atoms with Crippen molar-refractivity contribution in [2.24, 2.45) is 0 Å². The molecule has 0 aromatic heterocycles. The number of hydrogen-bond acceptors (Lipinski definition) is 3. The zero-order valence-electron chi connectivity index (χ0n) is 10.5. The summed E-state index contributed by atoms with van der Waals surface area (Å²) in [5, 5.41) is -0.353. The van der Waals surface area contributed by atoms with E-state index >= 15 is 0 Å². The van der Waals surface area contributed by atoms with Gasteiger partial charge in [0.15, 0.2) is 15.6 Å². The van der Waals surface area contributed by atoms with Gasteiger partial charge in [-0.15, -0.1) is 0 Å². The number of rotatable bonds is 4. The van der Waals surface area contributed by atoms with Crippen LogP contribution in [0, 0.1) is 11.6 Å². The highest BCUT2D eigenvalue weighted by atomic mass is 35.5. The minimum Gasteiger partial charge on any atom is -0.293 e. The minimum atomic E-state index is -3.98. The molecular formula is C14H9ClF2O3S. The van der Waals surface area contributed by atoms with E-state index in [1.54, 1.807) is 0 Å². The molecule has 2 aromatic rings. The molecule has 0 amide bonds. The lowest BCUT2D eigenvalue weighted by Crippen LogP contribution is -2.16. The van der Waals surface area contributed by atoms with E-state index in [1.807, 2.05) is 0 Å². The fraction of sp³-hybridized carbons (Fsp3) is 0.0714. The maximum absolute atomic E-state index is 13.0. The maximum atomic E-state index is 13.0. The SMILES string of the molecule is O=C(CS(=O)(=O)c1ccc(F)c(Cl)c1)c1cccc(F)c1. The molecule has 2 aromatic carbocycles. The molecule has 0 radical (unpaired) electrons. The summed E-state index contributed by atoms with van der Waals surface area (Å²) in [5.41, 5.74) is -0.0493. The van der Waals surface area contributed by atoms with Gasteiger partial charge in [-0.1, -0.05) is 23.7 Å². The van der Waals surface area contributed by atoms with Gasteiger partial charge in [-0.2, -0.15) is 0 Å². The highest BCUT2D eigenvalue weighted by Gasteiger charge is 2.21. The summed E-state index contributed by atoms with van der Waals surface area (Å²) < 4.78 is 50.2. The molecule has 0 heterocycles. The number of sulfone groups is 1. The van der Waals surface area contributed by atoms with Crippen LogP contribution in [0.1, 0.15) is 10.4 Å². The monoisotopic (exact) mass is 330 g/mol. The third-order valence-corrected chi connectivity index (χ3v) is 4.62. The number of ketones is 1. The van der Waals surface area contributed by atoms with E-state index in [-0.39, 0.29) is 15.5 Å². The van der Waals surface area contributed by atoms with Crippen molar-refractivity contribution < 1.29 is 22.0 Å². The van der Waals surface area contributed by atoms with E-state index < -0.39 is 33.0 Å². The van der Waals surface area contributed by atoms with Crippen LogP contribution in [0.4, 0.5) is 8.78 Å². The van der Waals surface area contributed by atoms with Crippen molar-refractivity contribution in [3.63, 3.8) is 0 Å². The number of benzene rings is 2. The molecule has 0 bridgehead atoms. The fourth-order valence-corrected chi connectivity index (χ4v) is 3.17. The molecule has 0 spiro atoms. The second-order valence-electron chi connectivity index (χ2n) is 4.27. The summed E-state index contributed by atoms with van der Waals surface area (Å²) in [6.07, 6.45) is 0. The molecule has 3 nitrogen and oxygen atoms in total. The molecule has 21 heavy (non-hydrogen) atoms. The van der Waals surface area contributed by atoms with Gasteiger partial charge in [-0.05, 0) is 30.3 Å². The molecule has 0 unspecified atom stereocenters. The van der Waals surface area contributed by atoms with Gasteiger partial charge in [-0.3, -0.25) is 4.79 Å². The van der Waals surface area contributed by atoms with E-state index in [0.717, 1.165) is 30.3 Å². The predicted molar refractivity (Wildman–Crippen MR) is 74.2 cm³/mol. The number of halogens is 3. The smallest absolute Gasteiger partial charge is 0.185 e. The second-order valence-corrected chi connectivity index (χ2v) is 6.67. The maximum Gasteiger partial charge on any atom is 0.185 e. The summed E-state index contributed by atoms with van der Waals surface area (Å²) >= 11 is 5.52. The average molecular weight is 331 g/mol. The van der Waals surface area contributed by atoms with Crippen molar-refractivity contribution in [1.29, 1.82) is 0 Å². The van der Waals surface area contributed by atoms with Gasteiger partial charge < -0.3 is 0 Å². The van der Waals surface area contributed by atoms with Gasteiger partial charge in [-0.25, -0.2) is 17.2 Å². The Balaban J connectivity index is 2.29. The Morgan fingerprint density at radius 1 is 1.10 bits per heavy atom. The molecule has 0 saturated carbocycles. The minimum absolute atomic E-state index is 0.0493. The lowest BCUT2D eigenvalue weighted by molar-refractivity contribution is 0.102. The van der Waals surface area contributed by atoms with Crippen molar-refractivity contribution in [1.82, 2.24) is 0 Å². The van der Waals surface area contributed by atoms with Crippen molar-refractivity contribution in [3.8, 4) is 0 Å². The van der Waals surface area contributed by atoms with Crippen LogP contribution in [0.25, 0.3) is 0 Å². The van der Waals surface area contributed by atoms with Crippen LogP contribution in [-0.4, -0.2) is 20.0 Å². The number of Topliss-reactive ketones (excluding diaryl/α,β-unsaturated/α-hetero) is 1. The topological polar surface area (TPSA) is 51.2 Å². The number of carbonyl (C=O) groups is 1. The first-order chi connectivity index (χ1) is 9.79. The summed E-state index contributed by atoms with van der Waals surface area (Å²) in [5.74, 6) is -3.00. The molecule has 0 saturated heterocycles. The van der Waals surface area contributed by atoms with Gasteiger partial charge in [0, 0.05) is 5.56 Å². The van der Waals surface area contributed by atoms with Crippen LogP contribution in [0.2, 0.25) is 5.02 Å². The molecule has 0 atom stereocenters. The largest absolute Gasteiger partial charge is 0.293 e. The zero-order chi connectivity index (χ0) is 15.6. The van der Waals surface area contributed by atoms with Gasteiger partial charge in [0.25, 0.3) is 0 Å². The Hall–Kier alpha value is -1.79. The van der Waals surface area contributed by atoms with Crippen LogP contribution in [0.3, 0.4) is 0 Å². The first-order valence-electron chi connectivity index (χ1n) is 5.76. The molecule has 0 N–H and O–H groups in total. The van der Waals surface area contributed by atoms with Crippen molar-refractivity contribution in [2.75, 3.05) is 5.75 Å². The molecule has 110 valence electrons. The Bertz CT molecular complexity index is 804. The average Bonchev–Trinajstić information content (AvgIpc) is 2.41. The summed E-state index contributed by atoms with van der Waals surface area (Å²) in [6.45, 7) is 0. The molecule has 0 fully saturated rings. The Labute approximate surface area is 125 Å². The zero-order valence-corrected chi connectivity index (χ0v) is 12.1. The molecular weight excluding hydrogens is 322 g/mol. The third-order valence-electron chi connectivity index (χ3n) is 2.72. The van der Waals surface area contributed by atoms with E-state index in [4.69, 9.17) is 11.6 Å². The lowest BCUT2D eigenvalue weighted by Gasteiger charge is -2.05. The molecule has 0 aliphatic heterocycles. The quantitative estimate of drug-likeness (QED) is 0.638. The van der Waals surface area contributed by atoms with Gasteiger partial charge >= 0.3 is 0 Å². The van der Waals surface area contributed by atoms with Crippen LogP contribution in [0.15, 0.2) is 47.4 Å². The lowest BCUT2D eigenvalue weighted by atomic mass is 10.1. The Morgan fingerprint density at radius 3 is 2.43 bits per heavy atom. The van der Waals surface area contributed by atoms with Crippen molar-refractivity contribution in [2.45, 2.75) is 4.90 Å². The number of hydrogen-bond donors (Lipinski definition) is 0. The molecule has 7 heteroatoms. The standard InChI is InChI=1S/C14H9ClF2O3S/c15-12-7-11(4-5-13(12)17)21(19,20)8-14(18)9-2-1-3-10(16)6-9/h1-7H,8H2. The normalized spacial score (nSPS) is 11.4. The highest BCUT2D eigenvalue weighted by Crippen LogP contribution is 2.21. The summed E-state index contributed by atoms with van der Waals surface area (Å²) in [6, 6.07) is 7.59.